The third-order valence-electron chi connectivity index (χ3n) is 17.2. The highest BCUT2D eigenvalue weighted by molar-refractivity contribution is 5.70. The van der Waals surface area contributed by atoms with Gasteiger partial charge in [-0.2, -0.15) is 0 Å². The molecule has 0 saturated heterocycles. The van der Waals surface area contributed by atoms with Gasteiger partial charge in [-0.3, -0.25) is 19.2 Å². The Labute approximate surface area is 524 Å². The second-order valence-electron chi connectivity index (χ2n) is 25.7. The average molecular weight is 1190 g/mol. The molecule has 0 amide bonds. The number of esters is 4. The molecule has 500 valence electrons. The Morgan fingerprint density at radius 1 is 0.155 bits per heavy atom. The summed E-state index contributed by atoms with van der Waals surface area (Å²) in [4.78, 5) is 47.6. The van der Waals surface area contributed by atoms with E-state index in [0.717, 1.165) is 51.4 Å². The van der Waals surface area contributed by atoms with E-state index >= 15 is 0 Å². The largest absolute Gasteiger partial charge is 0.462 e. The van der Waals surface area contributed by atoms with Crippen LogP contribution in [0.5, 0.6) is 0 Å². The molecule has 0 aliphatic carbocycles. The van der Waals surface area contributed by atoms with Gasteiger partial charge < -0.3 is 18.9 Å². The molecule has 0 spiro atoms. The molecule has 0 bridgehead atoms. The Kier molecular flexibility index (Phi) is 76.9. The van der Waals surface area contributed by atoms with Crippen molar-refractivity contribution >= 4 is 23.9 Å². The van der Waals surface area contributed by atoms with E-state index in [1.165, 1.54) is 334 Å². The van der Waals surface area contributed by atoms with Gasteiger partial charge in [0.1, 0.15) is 26.4 Å². The molecule has 0 radical (unpaired) electrons. The molecule has 0 aliphatic heterocycles. The minimum absolute atomic E-state index is 0.164. The van der Waals surface area contributed by atoms with Crippen LogP contribution in [0, 0.1) is 0 Å². The quantitative estimate of drug-likeness (QED) is 0.0337. The van der Waals surface area contributed by atoms with Crippen molar-refractivity contribution in [3.8, 4) is 0 Å². The predicted molar refractivity (Wildman–Crippen MR) is 362 cm³/mol. The number of rotatable bonds is 70. The number of hydrogen-bond donors (Lipinski definition) is 0. The van der Waals surface area contributed by atoms with E-state index in [1.807, 2.05) is 0 Å². The molecule has 0 saturated carbocycles. The molecule has 0 fully saturated rings. The van der Waals surface area contributed by atoms with Crippen LogP contribution in [0.4, 0.5) is 0 Å². The van der Waals surface area contributed by atoms with Gasteiger partial charge in [-0.15, -0.1) is 0 Å². The van der Waals surface area contributed by atoms with Crippen molar-refractivity contribution in [2.45, 2.75) is 439 Å². The smallest absolute Gasteiger partial charge is 0.305 e. The Balaban J connectivity index is 0. The van der Waals surface area contributed by atoms with Crippen LogP contribution in [0.25, 0.3) is 0 Å². The molecule has 0 unspecified atom stereocenters. The van der Waals surface area contributed by atoms with Crippen molar-refractivity contribution in [1.29, 1.82) is 0 Å². The Bertz CT molecular complexity index is 1090. The van der Waals surface area contributed by atoms with Gasteiger partial charge in [0, 0.05) is 25.7 Å². The van der Waals surface area contributed by atoms with Crippen molar-refractivity contribution in [1.82, 2.24) is 0 Å². The summed E-state index contributed by atoms with van der Waals surface area (Å²) in [6.07, 6.45) is 81.0. The van der Waals surface area contributed by atoms with Gasteiger partial charge in [-0.05, 0) is 25.7 Å². The molecule has 84 heavy (non-hydrogen) atoms. The maximum absolute atomic E-state index is 11.9. The molecule has 0 heterocycles. The lowest BCUT2D eigenvalue weighted by Gasteiger charge is -2.07. The lowest BCUT2D eigenvalue weighted by atomic mass is 10.0. The van der Waals surface area contributed by atoms with Gasteiger partial charge in [0.25, 0.3) is 0 Å². The lowest BCUT2D eigenvalue weighted by Crippen LogP contribution is -2.13. The summed E-state index contributed by atoms with van der Waals surface area (Å²) in [5.74, 6) is -0.655. The van der Waals surface area contributed by atoms with Crippen LogP contribution in [-0.2, 0) is 38.1 Å². The third-order valence-corrected chi connectivity index (χ3v) is 17.2. The lowest BCUT2D eigenvalue weighted by molar-refractivity contribution is -0.152. The number of ether oxygens (including phenoxy) is 4. The molecule has 8 heteroatoms. The fourth-order valence-corrected chi connectivity index (χ4v) is 11.5. The second-order valence-corrected chi connectivity index (χ2v) is 25.7. The van der Waals surface area contributed by atoms with Gasteiger partial charge in [0.05, 0.1) is 0 Å². The highest BCUT2D eigenvalue weighted by atomic mass is 16.6. The van der Waals surface area contributed by atoms with Gasteiger partial charge in [0.2, 0.25) is 0 Å². The van der Waals surface area contributed by atoms with E-state index in [4.69, 9.17) is 18.9 Å². The van der Waals surface area contributed by atoms with Crippen LogP contribution < -0.4 is 0 Å². The summed E-state index contributed by atoms with van der Waals surface area (Å²) < 4.78 is 20.9. The number of carbonyl (C=O) groups is 4. The highest BCUT2D eigenvalue weighted by Crippen LogP contribution is 2.19. The summed E-state index contributed by atoms with van der Waals surface area (Å²) in [6.45, 7) is 9.84. The van der Waals surface area contributed by atoms with E-state index in [1.54, 1.807) is 0 Å². The monoisotopic (exact) mass is 1190 g/mol. The van der Waals surface area contributed by atoms with Gasteiger partial charge in [-0.1, -0.05) is 387 Å². The van der Waals surface area contributed by atoms with Crippen LogP contribution in [0.3, 0.4) is 0 Å². The zero-order chi connectivity index (χ0) is 61.2. The summed E-state index contributed by atoms with van der Waals surface area (Å²) in [6, 6.07) is 0. The molecular weight excluding hydrogens is 1040 g/mol. The summed E-state index contributed by atoms with van der Waals surface area (Å²) >= 11 is 0. The molecule has 0 N–H and O–H groups in total. The summed E-state index contributed by atoms with van der Waals surface area (Å²) in [5, 5.41) is 0. The topological polar surface area (TPSA) is 105 Å². The number of hydrogen-bond acceptors (Lipinski definition) is 8. The van der Waals surface area contributed by atoms with Crippen molar-refractivity contribution in [3.05, 3.63) is 0 Å². The van der Waals surface area contributed by atoms with Crippen molar-refractivity contribution in [2.24, 2.45) is 0 Å². The fraction of sp³-hybridized carbons (Fsp3) is 0.947. The molecule has 0 rings (SSSR count). The van der Waals surface area contributed by atoms with Crippen molar-refractivity contribution in [3.63, 3.8) is 0 Å². The first-order chi connectivity index (χ1) is 41.4. The van der Waals surface area contributed by atoms with Crippen LogP contribution in [0.2, 0.25) is 0 Å². The third kappa shape index (κ3) is 77.9. The first-order valence-corrected chi connectivity index (χ1v) is 38.0. The minimum atomic E-state index is -0.164. The van der Waals surface area contributed by atoms with Crippen molar-refractivity contribution in [2.75, 3.05) is 26.4 Å². The first kappa shape index (κ1) is 83.9. The Morgan fingerprint density at radius 3 is 0.357 bits per heavy atom. The molecule has 0 aromatic carbocycles. The Hall–Kier alpha value is -2.12. The Morgan fingerprint density at radius 2 is 0.250 bits per heavy atom. The van der Waals surface area contributed by atoms with Crippen LogP contribution in [0.15, 0.2) is 0 Å². The maximum atomic E-state index is 11.9. The summed E-state index contributed by atoms with van der Waals surface area (Å²) in [7, 11) is 0. The van der Waals surface area contributed by atoms with Gasteiger partial charge in [-0.25, -0.2) is 0 Å². The molecule has 0 aromatic rings. The molecule has 0 atom stereocenters. The SMILES string of the molecule is CCCCCCCCCCCCCCCCCC(=O)OCCOC(=O)CCCCCCCCCCCCCCCCC.CCCCCCCCCCCCCCCCCC(=O)OCCOC(=O)CCCCCCCCCCCCCCCCC. The zero-order valence-corrected chi connectivity index (χ0v) is 57.3. The van der Waals surface area contributed by atoms with E-state index in [-0.39, 0.29) is 50.3 Å². The van der Waals surface area contributed by atoms with Gasteiger partial charge in [0.15, 0.2) is 0 Å². The van der Waals surface area contributed by atoms with Crippen LogP contribution in [0.1, 0.15) is 439 Å². The average Bonchev–Trinajstić information content (AvgIpc) is 3.49. The van der Waals surface area contributed by atoms with E-state index in [0.29, 0.717) is 25.7 Å². The van der Waals surface area contributed by atoms with E-state index in [9.17, 15) is 19.2 Å². The van der Waals surface area contributed by atoms with Crippen LogP contribution in [-0.4, -0.2) is 50.3 Å². The van der Waals surface area contributed by atoms with Gasteiger partial charge >= 0.3 is 23.9 Å². The normalized spacial score (nSPS) is 11.2. The second kappa shape index (κ2) is 77.0. The van der Waals surface area contributed by atoms with E-state index in [2.05, 4.69) is 27.7 Å². The van der Waals surface area contributed by atoms with Crippen LogP contribution >= 0.6 is 0 Å². The number of unbranched alkanes of at least 4 members (excludes halogenated alkanes) is 56. The van der Waals surface area contributed by atoms with E-state index < -0.39 is 0 Å². The molecule has 0 aliphatic rings. The standard InChI is InChI=1S/2C38H74O4/c2*1-3-5-7-9-11-13-15-17-19-21-23-25-27-29-31-33-37(39)41-35-36-42-38(40)34-32-30-28-26-24-22-20-18-16-14-12-10-8-6-4-2/h2*3-36H2,1-2H3. The first-order valence-electron chi connectivity index (χ1n) is 38.0. The minimum Gasteiger partial charge on any atom is -0.462 e. The van der Waals surface area contributed by atoms with Crippen molar-refractivity contribution < 1.29 is 38.1 Å². The molecule has 0 aromatic heterocycles. The fourth-order valence-electron chi connectivity index (χ4n) is 11.5. The highest BCUT2D eigenvalue weighted by Gasteiger charge is 2.08. The summed E-state index contributed by atoms with van der Waals surface area (Å²) in [5.41, 5.74) is 0. The maximum Gasteiger partial charge on any atom is 0.305 e. The zero-order valence-electron chi connectivity index (χ0n) is 57.3. The molecule has 8 nitrogen and oxygen atoms in total. The predicted octanol–water partition coefficient (Wildman–Crippen LogP) is 25.2. The molecular formula is C76H148O8. The number of carbonyl (C=O) groups excluding carboxylic acids is 4.